The molecule has 0 N–H and O–H groups in total. The van der Waals surface area contributed by atoms with Gasteiger partial charge in [0, 0.05) is 0 Å². The van der Waals surface area contributed by atoms with E-state index in [0.29, 0.717) is 17.9 Å². The second-order valence-electron chi connectivity index (χ2n) is 4.59. The van der Waals surface area contributed by atoms with E-state index >= 15 is 0 Å². The molecule has 0 saturated heterocycles. The number of hydrogen-bond donors (Lipinski definition) is 0. The van der Waals surface area contributed by atoms with Gasteiger partial charge in [-0.05, 0) is 37.0 Å². The molecule has 17 heavy (non-hydrogen) atoms. The first kappa shape index (κ1) is 13.7. The lowest BCUT2D eigenvalue weighted by Crippen LogP contribution is -2.09. The summed E-state index contributed by atoms with van der Waals surface area (Å²) >= 11 is 0. The molecule has 1 rings (SSSR count). The molecule has 0 radical (unpaired) electrons. The first-order valence-electron chi connectivity index (χ1n) is 5.60. The maximum atomic E-state index is 12.0. The number of benzene rings is 1. The minimum atomic E-state index is -3.26. The Morgan fingerprint density at radius 3 is 2.53 bits per heavy atom. The van der Waals surface area contributed by atoms with E-state index in [1.807, 2.05) is 19.9 Å². The highest BCUT2D eigenvalue weighted by atomic mass is 32.2. The van der Waals surface area contributed by atoms with Crippen molar-refractivity contribution in [2.45, 2.75) is 32.1 Å². The van der Waals surface area contributed by atoms with Gasteiger partial charge in [0.25, 0.3) is 0 Å². The molecule has 0 fully saturated rings. The Balaban J connectivity index is 3.04. The van der Waals surface area contributed by atoms with Gasteiger partial charge in [0.1, 0.15) is 0 Å². The first-order chi connectivity index (χ1) is 7.86. The molecule has 1 aromatic rings. The summed E-state index contributed by atoms with van der Waals surface area (Å²) in [6.07, 6.45) is 0.637. The van der Waals surface area contributed by atoms with Gasteiger partial charge < -0.3 is 0 Å². The molecule has 0 saturated carbocycles. The van der Waals surface area contributed by atoms with E-state index in [0.717, 1.165) is 5.56 Å². The van der Waals surface area contributed by atoms with Gasteiger partial charge in [0.15, 0.2) is 9.84 Å². The fourth-order valence-corrected chi connectivity index (χ4v) is 3.01. The Morgan fingerprint density at radius 2 is 2.00 bits per heavy atom. The average molecular weight is 251 g/mol. The molecule has 0 spiro atoms. The number of rotatable bonds is 4. The molecule has 0 aliphatic carbocycles. The van der Waals surface area contributed by atoms with Crippen molar-refractivity contribution in [3.63, 3.8) is 0 Å². The molecular formula is C13H17NO2S. The number of nitriles is 1. The lowest BCUT2D eigenvalue weighted by atomic mass is 10.1. The van der Waals surface area contributed by atoms with Crippen molar-refractivity contribution in [3.8, 4) is 6.07 Å². The van der Waals surface area contributed by atoms with E-state index in [1.165, 1.54) is 6.07 Å². The third kappa shape index (κ3) is 3.57. The Labute approximate surface area is 103 Å². The zero-order valence-electron chi connectivity index (χ0n) is 10.4. The zero-order chi connectivity index (χ0) is 13.1. The third-order valence-corrected chi connectivity index (χ3v) is 4.40. The van der Waals surface area contributed by atoms with Crippen LogP contribution in [0.5, 0.6) is 0 Å². The van der Waals surface area contributed by atoms with Crippen LogP contribution in [0.2, 0.25) is 0 Å². The maximum absolute atomic E-state index is 12.0. The summed E-state index contributed by atoms with van der Waals surface area (Å²) in [6.45, 7) is 5.78. The minimum absolute atomic E-state index is 0.137. The summed E-state index contributed by atoms with van der Waals surface area (Å²) in [6, 6.07) is 6.73. The van der Waals surface area contributed by atoms with Crippen molar-refractivity contribution >= 4 is 9.84 Å². The van der Waals surface area contributed by atoms with Crippen LogP contribution in [0, 0.1) is 24.2 Å². The van der Waals surface area contributed by atoms with Crippen LogP contribution in [0.15, 0.2) is 23.1 Å². The molecule has 0 amide bonds. The van der Waals surface area contributed by atoms with E-state index in [2.05, 4.69) is 0 Å². The monoisotopic (exact) mass is 251 g/mol. The van der Waals surface area contributed by atoms with Gasteiger partial charge in [-0.15, -0.1) is 0 Å². The van der Waals surface area contributed by atoms with E-state index < -0.39 is 9.84 Å². The lowest BCUT2D eigenvalue weighted by molar-refractivity contribution is 0.573. The molecule has 0 heterocycles. The Kier molecular flexibility index (Phi) is 4.30. The van der Waals surface area contributed by atoms with Gasteiger partial charge in [0.05, 0.1) is 22.3 Å². The van der Waals surface area contributed by atoms with Gasteiger partial charge in [-0.25, -0.2) is 8.42 Å². The topological polar surface area (TPSA) is 57.9 Å². The van der Waals surface area contributed by atoms with E-state index in [9.17, 15) is 8.42 Å². The molecule has 92 valence electrons. The van der Waals surface area contributed by atoms with Crippen molar-refractivity contribution in [2.24, 2.45) is 5.92 Å². The van der Waals surface area contributed by atoms with Crippen molar-refractivity contribution in [2.75, 3.05) is 5.75 Å². The highest BCUT2D eigenvalue weighted by Crippen LogP contribution is 2.18. The molecule has 4 heteroatoms. The third-order valence-electron chi connectivity index (χ3n) is 2.65. The molecular weight excluding hydrogens is 234 g/mol. The molecule has 0 aliphatic heterocycles. The number of hydrogen-bond acceptors (Lipinski definition) is 3. The maximum Gasteiger partial charge on any atom is 0.178 e. The van der Waals surface area contributed by atoms with E-state index in [4.69, 9.17) is 5.26 Å². The Hall–Kier alpha value is -1.34. The summed E-state index contributed by atoms with van der Waals surface area (Å²) in [4.78, 5) is 0.250. The van der Waals surface area contributed by atoms with Gasteiger partial charge in [-0.3, -0.25) is 0 Å². The number of nitrogens with zero attached hydrogens (tertiary/aromatic N) is 1. The quantitative estimate of drug-likeness (QED) is 0.826. The highest BCUT2D eigenvalue weighted by Gasteiger charge is 2.16. The summed E-state index contributed by atoms with van der Waals surface area (Å²) in [7, 11) is -3.26. The lowest BCUT2D eigenvalue weighted by Gasteiger charge is -2.07. The predicted molar refractivity (Wildman–Crippen MR) is 67.4 cm³/mol. The van der Waals surface area contributed by atoms with Crippen molar-refractivity contribution in [1.29, 1.82) is 5.26 Å². The van der Waals surface area contributed by atoms with Crippen molar-refractivity contribution in [3.05, 3.63) is 29.3 Å². The SMILES string of the molecule is Cc1ccc(S(=O)(=O)CCC(C)C)cc1C#N. The highest BCUT2D eigenvalue weighted by molar-refractivity contribution is 7.91. The van der Waals surface area contributed by atoms with Gasteiger partial charge in [0.2, 0.25) is 0 Å². The average Bonchev–Trinajstić information content (AvgIpc) is 2.27. The molecule has 0 aromatic heterocycles. The van der Waals surface area contributed by atoms with Crippen molar-refractivity contribution in [1.82, 2.24) is 0 Å². The van der Waals surface area contributed by atoms with Crippen LogP contribution in [-0.4, -0.2) is 14.2 Å². The predicted octanol–water partition coefficient (Wildman–Crippen LogP) is 2.69. The smallest absolute Gasteiger partial charge is 0.178 e. The number of aryl methyl sites for hydroxylation is 1. The second-order valence-corrected chi connectivity index (χ2v) is 6.70. The van der Waals surface area contributed by atoms with Crippen LogP contribution in [0.1, 0.15) is 31.4 Å². The minimum Gasteiger partial charge on any atom is -0.224 e. The van der Waals surface area contributed by atoms with Crippen LogP contribution in [0.25, 0.3) is 0 Å². The van der Waals surface area contributed by atoms with Crippen LogP contribution in [-0.2, 0) is 9.84 Å². The fourth-order valence-electron chi connectivity index (χ4n) is 1.42. The molecule has 3 nitrogen and oxygen atoms in total. The zero-order valence-corrected chi connectivity index (χ0v) is 11.2. The Morgan fingerprint density at radius 1 is 1.35 bits per heavy atom. The molecule has 0 atom stereocenters. The summed E-state index contributed by atoms with van der Waals surface area (Å²) < 4.78 is 24.0. The normalized spacial score (nSPS) is 11.5. The van der Waals surface area contributed by atoms with Crippen LogP contribution in [0.4, 0.5) is 0 Å². The van der Waals surface area contributed by atoms with Crippen LogP contribution in [0.3, 0.4) is 0 Å². The van der Waals surface area contributed by atoms with Crippen LogP contribution >= 0.6 is 0 Å². The summed E-state index contributed by atoms with van der Waals surface area (Å²) in [5.74, 6) is 0.490. The van der Waals surface area contributed by atoms with Crippen molar-refractivity contribution < 1.29 is 8.42 Å². The fraction of sp³-hybridized carbons (Fsp3) is 0.462. The largest absolute Gasteiger partial charge is 0.224 e. The number of sulfone groups is 1. The second kappa shape index (κ2) is 5.33. The van der Waals surface area contributed by atoms with E-state index in [1.54, 1.807) is 19.1 Å². The van der Waals surface area contributed by atoms with Gasteiger partial charge >= 0.3 is 0 Å². The van der Waals surface area contributed by atoms with Gasteiger partial charge in [-0.2, -0.15) is 5.26 Å². The molecule has 0 unspecified atom stereocenters. The Bertz CT molecular complexity index is 539. The molecule has 1 aromatic carbocycles. The molecule has 0 bridgehead atoms. The molecule has 0 aliphatic rings. The van der Waals surface area contributed by atoms with Gasteiger partial charge in [-0.1, -0.05) is 19.9 Å². The summed E-state index contributed by atoms with van der Waals surface area (Å²) in [5, 5.41) is 8.88. The first-order valence-corrected chi connectivity index (χ1v) is 7.25. The summed E-state index contributed by atoms with van der Waals surface area (Å²) in [5.41, 5.74) is 1.23. The van der Waals surface area contributed by atoms with Crippen LogP contribution < -0.4 is 0 Å². The standard InChI is InChI=1S/C13H17NO2S/c1-10(2)6-7-17(15,16)13-5-4-11(3)12(8-13)9-14/h4-5,8,10H,6-7H2,1-3H3. The van der Waals surface area contributed by atoms with E-state index in [-0.39, 0.29) is 10.6 Å².